The molecule has 3 atom stereocenters. The second-order valence-electron chi connectivity index (χ2n) is 7.17. The fraction of sp³-hybridized carbons (Fsp3) is 0.526. The maximum Gasteiger partial charge on any atom is 0.277 e. The van der Waals surface area contributed by atoms with Crippen molar-refractivity contribution in [2.24, 2.45) is 11.8 Å². The standard InChI is InChI=1S/C19H23N3O4S/c1-11-4-3-5-14(12(11)2)20-17(23)9-27-19-22-21-18(26-19)13-6-7-15-16(8-13)25-10-24-15/h6-8,11-12,14H,3-5,9-10H2,1-2H3,(H,20,23). The normalized spacial score (nSPS) is 24.0. The SMILES string of the molecule is CC1CCCC(NC(=O)CSc2nnc(-c3ccc4c(c3)OCO4)o2)C1C. The second kappa shape index (κ2) is 7.80. The minimum atomic E-state index is 0.00813. The van der Waals surface area contributed by atoms with E-state index in [-0.39, 0.29) is 24.5 Å². The Kier molecular flexibility index (Phi) is 5.24. The van der Waals surface area contributed by atoms with Gasteiger partial charge in [-0.05, 0) is 36.5 Å². The molecule has 1 aromatic heterocycles. The molecule has 8 heteroatoms. The first-order valence-electron chi connectivity index (χ1n) is 9.26. The van der Waals surface area contributed by atoms with Crippen molar-refractivity contribution in [2.45, 2.75) is 44.4 Å². The molecule has 0 bridgehead atoms. The number of hydrogen-bond donors (Lipinski definition) is 1. The lowest BCUT2D eigenvalue weighted by Gasteiger charge is -2.34. The molecule has 1 aliphatic heterocycles. The molecule has 3 unspecified atom stereocenters. The van der Waals surface area contributed by atoms with Crippen molar-refractivity contribution in [3.63, 3.8) is 0 Å². The fourth-order valence-electron chi connectivity index (χ4n) is 3.58. The molecular formula is C19H23N3O4S. The van der Waals surface area contributed by atoms with Gasteiger partial charge in [0.05, 0.1) is 5.75 Å². The zero-order chi connectivity index (χ0) is 18.8. The summed E-state index contributed by atoms with van der Waals surface area (Å²) in [5.74, 6) is 3.19. The van der Waals surface area contributed by atoms with E-state index in [1.807, 2.05) is 18.2 Å². The molecule has 1 aliphatic carbocycles. The topological polar surface area (TPSA) is 86.5 Å². The third-order valence-electron chi connectivity index (χ3n) is 5.41. The van der Waals surface area contributed by atoms with E-state index >= 15 is 0 Å². The van der Waals surface area contributed by atoms with Gasteiger partial charge in [0.2, 0.25) is 18.6 Å². The van der Waals surface area contributed by atoms with Gasteiger partial charge < -0.3 is 19.2 Å². The smallest absolute Gasteiger partial charge is 0.277 e. The van der Waals surface area contributed by atoms with E-state index in [2.05, 4.69) is 29.4 Å². The lowest BCUT2D eigenvalue weighted by molar-refractivity contribution is -0.120. The fourth-order valence-corrected chi connectivity index (χ4v) is 4.15. The highest BCUT2D eigenvalue weighted by molar-refractivity contribution is 7.99. The maximum absolute atomic E-state index is 12.3. The Hall–Kier alpha value is -2.22. The van der Waals surface area contributed by atoms with Crippen LogP contribution in [0.15, 0.2) is 27.8 Å². The minimum absolute atomic E-state index is 0.00813. The predicted molar refractivity (Wildman–Crippen MR) is 101 cm³/mol. The second-order valence-corrected chi connectivity index (χ2v) is 8.10. The number of amides is 1. The van der Waals surface area contributed by atoms with Crippen LogP contribution in [0.4, 0.5) is 0 Å². The quantitative estimate of drug-likeness (QED) is 0.783. The molecule has 2 aliphatic rings. The molecule has 1 N–H and O–H groups in total. The summed E-state index contributed by atoms with van der Waals surface area (Å²) in [6.45, 7) is 4.70. The first-order chi connectivity index (χ1) is 13.1. The number of aromatic nitrogens is 2. The molecule has 144 valence electrons. The number of carbonyl (C=O) groups excluding carboxylic acids is 1. The van der Waals surface area contributed by atoms with Crippen LogP contribution in [-0.2, 0) is 4.79 Å². The van der Waals surface area contributed by atoms with E-state index in [0.717, 1.165) is 12.0 Å². The van der Waals surface area contributed by atoms with Crippen molar-refractivity contribution < 1.29 is 18.7 Å². The van der Waals surface area contributed by atoms with Crippen molar-refractivity contribution >= 4 is 17.7 Å². The van der Waals surface area contributed by atoms with Crippen LogP contribution in [0.2, 0.25) is 0 Å². The van der Waals surface area contributed by atoms with Gasteiger partial charge in [0, 0.05) is 11.6 Å². The lowest BCUT2D eigenvalue weighted by Crippen LogP contribution is -2.44. The van der Waals surface area contributed by atoms with Crippen LogP contribution in [0.25, 0.3) is 11.5 Å². The largest absolute Gasteiger partial charge is 0.454 e. The lowest BCUT2D eigenvalue weighted by atomic mass is 9.78. The Balaban J connectivity index is 1.32. The van der Waals surface area contributed by atoms with Crippen molar-refractivity contribution in [2.75, 3.05) is 12.5 Å². The zero-order valence-electron chi connectivity index (χ0n) is 15.4. The van der Waals surface area contributed by atoms with Gasteiger partial charge in [-0.2, -0.15) is 0 Å². The predicted octanol–water partition coefficient (Wildman–Crippen LogP) is 3.50. The van der Waals surface area contributed by atoms with E-state index in [1.165, 1.54) is 24.6 Å². The molecular weight excluding hydrogens is 366 g/mol. The highest BCUT2D eigenvalue weighted by atomic mass is 32.2. The average molecular weight is 389 g/mol. The van der Waals surface area contributed by atoms with Gasteiger partial charge in [0.25, 0.3) is 5.22 Å². The van der Waals surface area contributed by atoms with E-state index < -0.39 is 0 Å². The molecule has 0 spiro atoms. The van der Waals surface area contributed by atoms with Crippen molar-refractivity contribution in [3.05, 3.63) is 18.2 Å². The summed E-state index contributed by atoms with van der Waals surface area (Å²) in [7, 11) is 0. The highest BCUT2D eigenvalue weighted by Crippen LogP contribution is 2.36. The van der Waals surface area contributed by atoms with Crippen molar-refractivity contribution in [1.29, 1.82) is 0 Å². The molecule has 1 saturated carbocycles. The molecule has 4 rings (SSSR count). The number of ether oxygens (including phenoxy) is 2. The minimum Gasteiger partial charge on any atom is -0.454 e. The van der Waals surface area contributed by atoms with Crippen LogP contribution in [0, 0.1) is 11.8 Å². The Morgan fingerprint density at radius 2 is 2.07 bits per heavy atom. The van der Waals surface area contributed by atoms with Gasteiger partial charge in [-0.3, -0.25) is 4.79 Å². The van der Waals surface area contributed by atoms with E-state index in [4.69, 9.17) is 13.9 Å². The summed E-state index contributed by atoms with van der Waals surface area (Å²) in [5, 5.41) is 11.6. The van der Waals surface area contributed by atoms with Crippen LogP contribution < -0.4 is 14.8 Å². The number of nitrogens with zero attached hydrogens (tertiary/aromatic N) is 2. The van der Waals surface area contributed by atoms with Gasteiger partial charge >= 0.3 is 0 Å². The molecule has 2 heterocycles. The monoisotopic (exact) mass is 389 g/mol. The Labute approximate surface area is 162 Å². The summed E-state index contributed by atoms with van der Waals surface area (Å²) in [5.41, 5.74) is 0.757. The molecule has 1 amide bonds. The van der Waals surface area contributed by atoms with E-state index in [1.54, 1.807) is 0 Å². The number of hydrogen-bond acceptors (Lipinski definition) is 7. The molecule has 2 aromatic rings. The Morgan fingerprint density at radius 1 is 1.22 bits per heavy atom. The van der Waals surface area contributed by atoms with Crippen LogP contribution in [0.5, 0.6) is 11.5 Å². The van der Waals surface area contributed by atoms with Crippen LogP contribution in [-0.4, -0.2) is 34.7 Å². The summed E-state index contributed by atoms with van der Waals surface area (Å²) >= 11 is 1.25. The molecule has 1 fully saturated rings. The van der Waals surface area contributed by atoms with E-state index in [9.17, 15) is 4.79 Å². The van der Waals surface area contributed by atoms with Crippen LogP contribution >= 0.6 is 11.8 Å². The van der Waals surface area contributed by atoms with Gasteiger partial charge in [-0.25, -0.2) is 0 Å². The third-order valence-corrected chi connectivity index (χ3v) is 6.22. The summed E-state index contributed by atoms with van der Waals surface area (Å²) in [4.78, 5) is 12.3. The maximum atomic E-state index is 12.3. The molecule has 0 saturated heterocycles. The van der Waals surface area contributed by atoms with Crippen LogP contribution in [0.3, 0.4) is 0 Å². The summed E-state index contributed by atoms with van der Waals surface area (Å²) in [6, 6.07) is 5.72. The van der Waals surface area contributed by atoms with E-state index in [0.29, 0.717) is 34.4 Å². The molecule has 1 aromatic carbocycles. The number of thioether (sulfide) groups is 1. The molecule has 27 heavy (non-hydrogen) atoms. The zero-order valence-corrected chi connectivity index (χ0v) is 16.3. The Bertz CT molecular complexity index is 825. The summed E-state index contributed by atoms with van der Waals surface area (Å²) < 4.78 is 16.3. The number of benzene rings is 1. The van der Waals surface area contributed by atoms with Gasteiger partial charge in [0.15, 0.2) is 11.5 Å². The molecule has 0 radical (unpaired) electrons. The highest BCUT2D eigenvalue weighted by Gasteiger charge is 2.28. The van der Waals surface area contributed by atoms with Crippen molar-refractivity contribution in [3.8, 4) is 23.0 Å². The molecule has 7 nitrogen and oxygen atoms in total. The number of rotatable bonds is 5. The first-order valence-corrected chi connectivity index (χ1v) is 10.2. The summed E-state index contributed by atoms with van der Waals surface area (Å²) in [6.07, 6.45) is 3.47. The number of nitrogens with one attached hydrogen (secondary N) is 1. The number of fused-ring (bicyclic) bond motifs is 1. The van der Waals surface area contributed by atoms with Gasteiger partial charge in [-0.15, -0.1) is 10.2 Å². The van der Waals surface area contributed by atoms with Crippen LogP contribution in [0.1, 0.15) is 33.1 Å². The number of carbonyl (C=O) groups is 1. The van der Waals surface area contributed by atoms with Gasteiger partial charge in [0.1, 0.15) is 0 Å². The van der Waals surface area contributed by atoms with Gasteiger partial charge in [-0.1, -0.05) is 38.5 Å². The average Bonchev–Trinajstić information content (AvgIpc) is 3.32. The van der Waals surface area contributed by atoms with Crippen molar-refractivity contribution in [1.82, 2.24) is 15.5 Å². The Morgan fingerprint density at radius 3 is 2.96 bits per heavy atom. The first kappa shape index (κ1) is 18.2. The third kappa shape index (κ3) is 4.05.